The van der Waals surface area contributed by atoms with Crippen LogP contribution in [0.3, 0.4) is 0 Å². The minimum absolute atomic E-state index is 0.0911. The fraction of sp³-hybridized carbons (Fsp3) is 0.429. The number of aromatic nitrogens is 1. The number of carbonyl (C=O) groups is 1. The molecule has 1 amide bonds. The zero-order valence-electron chi connectivity index (χ0n) is 15.6. The van der Waals surface area contributed by atoms with E-state index in [0.717, 1.165) is 49.4 Å². The molecule has 0 spiro atoms. The van der Waals surface area contributed by atoms with Gasteiger partial charge in [0.15, 0.2) is 0 Å². The van der Waals surface area contributed by atoms with Crippen molar-refractivity contribution in [3.05, 3.63) is 59.9 Å². The predicted octanol–water partition coefficient (Wildman–Crippen LogP) is 2.75. The van der Waals surface area contributed by atoms with Crippen LogP contribution in [0.25, 0.3) is 0 Å². The zero-order chi connectivity index (χ0) is 18.6. The molecule has 138 valence electrons. The van der Waals surface area contributed by atoms with E-state index in [2.05, 4.69) is 9.88 Å². The number of aryl methyl sites for hydroxylation is 1. The second-order valence-corrected chi connectivity index (χ2v) is 7.49. The van der Waals surface area contributed by atoms with Crippen molar-refractivity contribution >= 4 is 11.6 Å². The molecule has 1 aliphatic heterocycles. The Bertz CT molecular complexity index is 715. The molecule has 0 saturated carbocycles. The van der Waals surface area contributed by atoms with E-state index in [1.807, 2.05) is 55.1 Å². The number of carbonyl (C=O) groups excluding carboxylic acids is 1. The molecule has 0 bridgehead atoms. The summed E-state index contributed by atoms with van der Waals surface area (Å²) in [5, 5.41) is 9.83. The second-order valence-electron chi connectivity index (χ2n) is 7.49. The van der Waals surface area contributed by atoms with Crippen LogP contribution in [0.1, 0.15) is 36.2 Å². The molecule has 1 aliphatic rings. The van der Waals surface area contributed by atoms with E-state index in [0.29, 0.717) is 6.42 Å². The second kappa shape index (κ2) is 7.87. The fourth-order valence-electron chi connectivity index (χ4n) is 3.17. The molecule has 1 aromatic carbocycles. The molecule has 1 aromatic heterocycles. The lowest BCUT2D eigenvalue weighted by Gasteiger charge is -2.36. The van der Waals surface area contributed by atoms with Gasteiger partial charge in [-0.25, -0.2) is 0 Å². The Kier molecular flexibility index (Phi) is 5.57. The number of benzene rings is 1. The SMILES string of the molecule is CC(C)(O)CCc1ccc(C(=O)N2CCN(c3ccncc3)CC2)cc1. The molecular formula is C21H27N3O2. The summed E-state index contributed by atoms with van der Waals surface area (Å²) < 4.78 is 0. The van der Waals surface area contributed by atoms with E-state index in [9.17, 15) is 9.90 Å². The lowest BCUT2D eigenvalue weighted by molar-refractivity contribution is 0.0711. The highest BCUT2D eigenvalue weighted by Crippen LogP contribution is 2.17. The lowest BCUT2D eigenvalue weighted by Crippen LogP contribution is -2.48. The largest absolute Gasteiger partial charge is 0.390 e. The molecule has 26 heavy (non-hydrogen) atoms. The van der Waals surface area contributed by atoms with Crippen LogP contribution in [0.2, 0.25) is 0 Å². The van der Waals surface area contributed by atoms with Gasteiger partial charge in [-0.05, 0) is 56.5 Å². The predicted molar refractivity (Wildman–Crippen MR) is 103 cm³/mol. The molecule has 1 N–H and O–H groups in total. The Morgan fingerprint density at radius 3 is 2.23 bits per heavy atom. The standard InChI is InChI=1S/C21H27N3O2/c1-21(2,26)10-7-17-3-5-18(6-4-17)20(25)24-15-13-23(14-16-24)19-8-11-22-12-9-19/h3-6,8-9,11-12,26H,7,10,13-16H2,1-2H3. The smallest absolute Gasteiger partial charge is 0.253 e. The maximum atomic E-state index is 12.7. The minimum Gasteiger partial charge on any atom is -0.390 e. The van der Waals surface area contributed by atoms with Crippen LogP contribution >= 0.6 is 0 Å². The van der Waals surface area contributed by atoms with Crippen LogP contribution in [0.4, 0.5) is 5.69 Å². The van der Waals surface area contributed by atoms with Gasteiger partial charge in [0.1, 0.15) is 0 Å². The van der Waals surface area contributed by atoms with Gasteiger partial charge in [-0.3, -0.25) is 9.78 Å². The van der Waals surface area contributed by atoms with E-state index in [1.165, 1.54) is 0 Å². The molecule has 5 nitrogen and oxygen atoms in total. The highest BCUT2D eigenvalue weighted by molar-refractivity contribution is 5.94. The van der Waals surface area contributed by atoms with Crippen molar-refractivity contribution < 1.29 is 9.90 Å². The Morgan fingerprint density at radius 1 is 1.04 bits per heavy atom. The Labute approximate surface area is 155 Å². The van der Waals surface area contributed by atoms with Crippen LogP contribution in [-0.4, -0.2) is 52.7 Å². The first-order valence-electron chi connectivity index (χ1n) is 9.18. The van der Waals surface area contributed by atoms with Crippen molar-refractivity contribution in [1.82, 2.24) is 9.88 Å². The van der Waals surface area contributed by atoms with Gasteiger partial charge in [0.05, 0.1) is 5.60 Å². The highest BCUT2D eigenvalue weighted by atomic mass is 16.3. The van der Waals surface area contributed by atoms with Crippen LogP contribution < -0.4 is 4.90 Å². The summed E-state index contributed by atoms with van der Waals surface area (Å²) in [5.41, 5.74) is 2.37. The van der Waals surface area contributed by atoms with Crippen LogP contribution in [0.15, 0.2) is 48.8 Å². The third-order valence-corrected chi connectivity index (χ3v) is 4.82. The van der Waals surface area contributed by atoms with Gasteiger partial charge in [-0.15, -0.1) is 0 Å². The Morgan fingerprint density at radius 2 is 1.65 bits per heavy atom. The van der Waals surface area contributed by atoms with Gasteiger partial charge in [0, 0.05) is 49.8 Å². The number of hydrogen-bond donors (Lipinski definition) is 1. The first kappa shape index (κ1) is 18.4. The number of hydrogen-bond acceptors (Lipinski definition) is 4. The van der Waals surface area contributed by atoms with Crippen molar-refractivity contribution in [1.29, 1.82) is 0 Å². The van der Waals surface area contributed by atoms with Crippen molar-refractivity contribution in [2.75, 3.05) is 31.1 Å². The van der Waals surface area contributed by atoms with Crippen molar-refractivity contribution in [2.45, 2.75) is 32.3 Å². The summed E-state index contributed by atoms with van der Waals surface area (Å²) in [6.45, 7) is 6.75. The van der Waals surface area contributed by atoms with Gasteiger partial charge < -0.3 is 14.9 Å². The number of amides is 1. The van der Waals surface area contributed by atoms with E-state index < -0.39 is 5.60 Å². The fourth-order valence-corrected chi connectivity index (χ4v) is 3.17. The van der Waals surface area contributed by atoms with Gasteiger partial charge in [0.2, 0.25) is 0 Å². The molecule has 2 heterocycles. The Hall–Kier alpha value is -2.40. The quantitative estimate of drug-likeness (QED) is 0.898. The summed E-state index contributed by atoms with van der Waals surface area (Å²) in [4.78, 5) is 21.0. The van der Waals surface area contributed by atoms with E-state index in [1.54, 1.807) is 12.4 Å². The molecule has 0 atom stereocenters. The summed E-state index contributed by atoms with van der Waals surface area (Å²) in [7, 11) is 0. The summed E-state index contributed by atoms with van der Waals surface area (Å²) in [6, 6.07) is 11.8. The number of aliphatic hydroxyl groups is 1. The Balaban J connectivity index is 1.55. The summed E-state index contributed by atoms with van der Waals surface area (Å²) >= 11 is 0. The number of rotatable bonds is 5. The minimum atomic E-state index is -0.664. The molecular weight excluding hydrogens is 326 g/mol. The maximum absolute atomic E-state index is 12.7. The first-order chi connectivity index (χ1) is 12.4. The van der Waals surface area contributed by atoms with Gasteiger partial charge >= 0.3 is 0 Å². The van der Waals surface area contributed by atoms with Crippen LogP contribution in [-0.2, 0) is 6.42 Å². The van der Waals surface area contributed by atoms with E-state index >= 15 is 0 Å². The van der Waals surface area contributed by atoms with Crippen molar-refractivity contribution in [2.24, 2.45) is 0 Å². The number of anilines is 1. The number of pyridine rings is 1. The summed E-state index contributed by atoms with van der Waals surface area (Å²) in [6.07, 6.45) is 5.11. The first-order valence-corrected chi connectivity index (χ1v) is 9.18. The molecule has 2 aromatic rings. The normalized spacial score (nSPS) is 15.2. The van der Waals surface area contributed by atoms with Crippen molar-refractivity contribution in [3.63, 3.8) is 0 Å². The van der Waals surface area contributed by atoms with Gasteiger partial charge in [-0.1, -0.05) is 12.1 Å². The van der Waals surface area contributed by atoms with E-state index in [-0.39, 0.29) is 5.91 Å². The van der Waals surface area contributed by atoms with Crippen LogP contribution in [0, 0.1) is 0 Å². The molecule has 3 rings (SSSR count). The van der Waals surface area contributed by atoms with E-state index in [4.69, 9.17) is 0 Å². The lowest BCUT2D eigenvalue weighted by atomic mass is 9.98. The average molecular weight is 353 g/mol. The molecule has 0 aliphatic carbocycles. The monoisotopic (exact) mass is 353 g/mol. The highest BCUT2D eigenvalue weighted by Gasteiger charge is 2.22. The van der Waals surface area contributed by atoms with Crippen molar-refractivity contribution in [3.8, 4) is 0 Å². The zero-order valence-corrected chi connectivity index (χ0v) is 15.6. The van der Waals surface area contributed by atoms with Gasteiger partial charge in [0.25, 0.3) is 5.91 Å². The third-order valence-electron chi connectivity index (χ3n) is 4.82. The number of nitrogens with zero attached hydrogens (tertiary/aromatic N) is 3. The molecule has 1 fully saturated rings. The molecule has 0 radical (unpaired) electrons. The molecule has 1 saturated heterocycles. The maximum Gasteiger partial charge on any atom is 0.253 e. The average Bonchev–Trinajstić information content (AvgIpc) is 2.66. The molecule has 5 heteroatoms. The number of piperazine rings is 1. The molecule has 0 unspecified atom stereocenters. The van der Waals surface area contributed by atoms with Crippen LogP contribution in [0.5, 0.6) is 0 Å². The topological polar surface area (TPSA) is 56.7 Å². The van der Waals surface area contributed by atoms with Gasteiger partial charge in [-0.2, -0.15) is 0 Å². The third kappa shape index (κ3) is 4.82. The summed E-state index contributed by atoms with van der Waals surface area (Å²) in [5.74, 6) is 0.0911.